The van der Waals surface area contributed by atoms with Crippen molar-refractivity contribution in [2.75, 3.05) is 20.3 Å². The maximum atomic E-state index is 11.4. The summed E-state index contributed by atoms with van der Waals surface area (Å²) in [6.07, 6.45) is -1.37. The minimum absolute atomic E-state index is 0.0499. The normalized spacial score (nSPS) is 21.0. The van der Waals surface area contributed by atoms with E-state index in [1.54, 1.807) is 0 Å². The lowest BCUT2D eigenvalue weighted by Gasteiger charge is -2.10. The Balaban J connectivity index is 1.75. The molecule has 2 atom stereocenters. The van der Waals surface area contributed by atoms with Gasteiger partial charge in [0.15, 0.2) is 0 Å². The Hall–Kier alpha value is -2.23. The summed E-state index contributed by atoms with van der Waals surface area (Å²) >= 11 is 0. The number of non-ortho nitro benzene ring substituents is 1. The predicted octanol–water partition coefficient (Wildman–Crippen LogP) is 1.46. The van der Waals surface area contributed by atoms with Gasteiger partial charge in [-0.2, -0.15) is 0 Å². The van der Waals surface area contributed by atoms with Crippen LogP contribution in [0.5, 0.6) is 5.75 Å². The van der Waals surface area contributed by atoms with Crippen molar-refractivity contribution in [1.82, 2.24) is 0 Å². The molecule has 1 saturated heterocycles. The molecule has 1 aliphatic heterocycles. The zero-order chi connectivity index (χ0) is 15.2. The van der Waals surface area contributed by atoms with Gasteiger partial charge in [0, 0.05) is 19.2 Å². The molecule has 1 aromatic rings. The summed E-state index contributed by atoms with van der Waals surface area (Å²) in [5.41, 5.74) is -0.0992. The molecule has 0 aromatic heterocycles. The van der Waals surface area contributed by atoms with E-state index in [0.29, 0.717) is 0 Å². The van der Waals surface area contributed by atoms with Gasteiger partial charge in [-0.05, 0) is 12.1 Å². The largest absolute Gasteiger partial charge is 0.513 e. The molecule has 1 heterocycles. The third kappa shape index (κ3) is 4.38. The van der Waals surface area contributed by atoms with Crippen molar-refractivity contribution in [3.8, 4) is 5.75 Å². The third-order valence-corrected chi connectivity index (χ3v) is 2.55. The first kappa shape index (κ1) is 15.2. The number of methoxy groups -OCH3 is 1. The fourth-order valence-electron chi connectivity index (χ4n) is 1.56. The molecule has 0 saturated carbocycles. The fraction of sp³-hybridized carbons (Fsp3) is 0.417. The number of hydrogen-bond donors (Lipinski definition) is 0. The van der Waals surface area contributed by atoms with Gasteiger partial charge < -0.3 is 23.7 Å². The zero-order valence-corrected chi connectivity index (χ0v) is 11.1. The number of carbonyl (C=O) groups is 1. The number of nitro groups is 1. The molecule has 0 amide bonds. The van der Waals surface area contributed by atoms with Crippen LogP contribution in [0.15, 0.2) is 24.3 Å². The first-order chi connectivity index (χ1) is 10.1. The van der Waals surface area contributed by atoms with Gasteiger partial charge >= 0.3 is 6.16 Å². The summed E-state index contributed by atoms with van der Waals surface area (Å²) in [6.45, 7) is -0.570. The number of nitro benzene ring substituents is 1. The standard InChI is InChI=1S/C12H13NO8/c1-17-12-19-7-10(21-12)6-18-11(14)20-9-4-2-8(3-5-9)13(15)16/h2-5,10,12H,6-7H2,1H3. The smallest absolute Gasteiger partial charge is 0.431 e. The molecular weight excluding hydrogens is 286 g/mol. The molecule has 21 heavy (non-hydrogen) atoms. The van der Waals surface area contributed by atoms with Gasteiger partial charge in [-0.15, -0.1) is 0 Å². The van der Waals surface area contributed by atoms with E-state index in [0.717, 1.165) is 0 Å². The average molecular weight is 299 g/mol. The van der Waals surface area contributed by atoms with Gasteiger partial charge in [0.05, 0.1) is 11.5 Å². The highest BCUT2D eigenvalue weighted by atomic mass is 16.9. The second-order valence-corrected chi connectivity index (χ2v) is 4.03. The van der Waals surface area contributed by atoms with Crippen molar-refractivity contribution in [1.29, 1.82) is 0 Å². The molecule has 9 nitrogen and oxygen atoms in total. The van der Waals surface area contributed by atoms with Crippen LogP contribution < -0.4 is 4.74 Å². The highest BCUT2D eigenvalue weighted by Gasteiger charge is 2.27. The number of carbonyl (C=O) groups excluding carboxylic acids is 1. The maximum absolute atomic E-state index is 11.4. The molecule has 1 aliphatic rings. The van der Waals surface area contributed by atoms with Gasteiger partial charge in [-0.1, -0.05) is 0 Å². The SMILES string of the molecule is COC1OCC(COC(=O)Oc2ccc([N+](=O)[O-])cc2)O1. The van der Waals surface area contributed by atoms with E-state index in [1.165, 1.54) is 31.4 Å². The predicted molar refractivity (Wildman–Crippen MR) is 66.7 cm³/mol. The first-order valence-corrected chi connectivity index (χ1v) is 5.97. The highest BCUT2D eigenvalue weighted by Crippen LogP contribution is 2.18. The Morgan fingerprint density at radius 3 is 2.71 bits per heavy atom. The summed E-state index contributed by atoms with van der Waals surface area (Å²) in [5, 5.41) is 10.5. The Morgan fingerprint density at radius 2 is 2.14 bits per heavy atom. The molecule has 1 fully saturated rings. The van der Waals surface area contributed by atoms with Gasteiger partial charge in [-0.25, -0.2) is 4.79 Å². The van der Waals surface area contributed by atoms with Crippen LogP contribution in [-0.4, -0.2) is 44.0 Å². The first-order valence-electron chi connectivity index (χ1n) is 5.97. The summed E-state index contributed by atoms with van der Waals surface area (Å²) in [6, 6.07) is 5.05. The Morgan fingerprint density at radius 1 is 1.43 bits per heavy atom. The topological polar surface area (TPSA) is 106 Å². The lowest BCUT2D eigenvalue weighted by atomic mass is 10.3. The van der Waals surface area contributed by atoms with Crippen LogP contribution in [0, 0.1) is 10.1 Å². The van der Waals surface area contributed by atoms with E-state index in [-0.39, 0.29) is 24.7 Å². The molecule has 0 radical (unpaired) electrons. The van der Waals surface area contributed by atoms with Crippen LogP contribution in [0.4, 0.5) is 10.5 Å². The number of hydrogen-bond acceptors (Lipinski definition) is 8. The van der Waals surface area contributed by atoms with Crippen LogP contribution in [0.2, 0.25) is 0 Å². The lowest BCUT2D eigenvalue weighted by Crippen LogP contribution is -2.23. The quantitative estimate of drug-likeness (QED) is 0.348. The lowest BCUT2D eigenvalue weighted by molar-refractivity contribution is -0.384. The summed E-state index contributed by atoms with van der Waals surface area (Å²) in [4.78, 5) is 21.4. The van der Waals surface area contributed by atoms with E-state index < -0.39 is 23.7 Å². The van der Waals surface area contributed by atoms with Gasteiger partial charge in [0.25, 0.3) is 12.2 Å². The number of nitrogens with zero attached hydrogens (tertiary/aromatic N) is 1. The molecule has 2 unspecified atom stereocenters. The Kier molecular flexibility index (Phi) is 5.04. The Bertz CT molecular complexity index is 502. The highest BCUT2D eigenvalue weighted by molar-refractivity contribution is 5.64. The molecule has 1 aromatic carbocycles. The van der Waals surface area contributed by atoms with E-state index in [1.807, 2.05) is 0 Å². The molecule has 114 valence electrons. The summed E-state index contributed by atoms with van der Waals surface area (Å²) in [7, 11) is 1.43. The van der Waals surface area contributed by atoms with E-state index >= 15 is 0 Å². The van der Waals surface area contributed by atoms with Crippen LogP contribution in [-0.2, 0) is 18.9 Å². The van der Waals surface area contributed by atoms with Gasteiger partial charge in [0.2, 0.25) is 0 Å². The van der Waals surface area contributed by atoms with Crippen LogP contribution in [0.1, 0.15) is 0 Å². The van der Waals surface area contributed by atoms with Crippen molar-refractivity contribution in [3.63, 3.8) is 0 Å². The monoisotopic (exact) mass is 299 g/mol. The molecular formula is C12H13NO8. The number of benzene rings is 1. The van der Waals surface area contributed by atoms with E-state index in [9.17, 15) is 14.9 Å². The van der Waals surface area contributed by atoms with Crippen molar-refractivity contribution in [3.05, 3.63) is 34.4 Å². The second-order valence-electron chi connectivity index (χ2n) is 4.03. The molecule has 9 heteroatoms. The fourth-order valence-corrected chi connectivity index (χ4v) is 1.56. The zero-order valence-electron chi connectivity index (χ0n) is 11.1. The number of ether oxygens (including phenoxy) is 5. The van der Waals surface area contributed by atoms with Crippen LogP contribution >= 0.6 is 0 Å². The van der Waals surface area contributed by atoms with E-state index in [4.69, 9.17) is 23.7 Å². The minimum atomic E-state index is -0.937. The maximum Gasteiger partial charge on any atom is 0.513 e. The summed E-state index contributed by atoms with van der Waals surface area (Å²) < 4.78 is 24.8. The Labute approximate surface area is 119 Å². The molecule has 0 N–H and O–H groups in total. The molecule has 0 aliphatic carbocycles. The molecule has 2 rings (SSSR count). The van der Waals surface area contributed by atoms with Crippen LogP contribution in [0.25, 0.3) is 0 Å². The second kappa shape index (κ2) is 6.97. The van der Waals surface area contributed by atoms with E-state index in [2.05, 4.69) is 0 Å². The number of rotatable bonds is 5. The average Bonchev–Trinajstić information content (AvgIpc) is 2.94. The van der Waals surface area contributed by atoms with Gasteiger partial charge in [-0.3, -0.25) is 10.1 Å². The van der Waals surface area contributed by atoms with Crippen molar-refractivity contribution in [2.24, 2.45) is 0 Å². The molecule has 0 spiro atoms. The van der Waals surface area contributed by atoms with Crippen LogP contribution in [0.3, 0.4) is 0 Å². The third-order valence-electron chi connectivity index (χ3n) is 2.55. The summed E-state index contributed by atoms with van der Waals surface area (Å²) in [5.74, 6) is 0.143. The molecule has 0 bridgehead atoms. The van der Waals surface area contributed by atoms with Crippen molar-refractivity contribution in [2.45, 2.75) is 12.6 Å². The minimum Gasteiger partial charge on any atom is -0.431 e. The van der Waals surface area contributed by atoms with Crippen molar-refractivity contribution < 1.29 is 33.4 Å². The van der Waals surface area contributed by atoms with Crippen molar-refractivity contribution >= 4 is 11.8 Å². The van der Waals surface area contributed by atoms with Gasteiger partial charge in [0.1, 0.15) is 18.5 Å².